The van der Waals surface area contributed by atoms with Crippen molar-refractivity contribution < 1.29 is 13.9 Å². The zero-order valence-electron chi connectivity index (χ0n) is 15.0. The van der Waals surface area contributed by atoms with Crippen LogP contribution in [-0.2, 0) is 12.2 Å². The average molecular weight is 390 g/mol. The van der Waals surface area contributed by atoms with E-state index in [9.17, 15) is 9.59 Å². The van der Waals surface area contributed by atoms with Gasteiger partial charge in [-0.25, -0.2) is 4.79 Å². The van der Waals surface area contributed by atoms with Gasteiger partial charge in [-0.15, -0.1) is 10.2 Å². The second-order valence-corrected chi connectivity index (χ2v) is 6.59. The van der Waals surface area contributed by atoms with Crippen LogP contribution < -0.4 is 20.7 Å². The van der Waals surface area contributed by atoms with E-state index >= 15 is 0 Å². The number of nitrogens with zero attached hydrogens (tertiary/aromatic N) is 2. The molecule has 0 amide bonds. The minimum absolute atomic E-state index is 0.137. The third-order valence-corrected chi connectivity index (χ3v) is 4.69. The van der Waals surface area contributed by atoms with Crippen molar-refractivity contribution in [3.63, 3.8) is 0 Å². The van der Waals surface area contributed by atoms with Crippen molar-refractivity contribution >= 4 is 11.8 Å². The fraction of sp³-hybridized carbons (Fsp3) is 0.294. The van der Waals surface area contributed by atoms with E-state index in [4.69, 9.17) is 13.9 Å². The second-order valence-electron chi connectivity index (χ2n) is 5.66. The first-order valence-corrected chi connectivity index (χ1v) is 8.96. The number of nitrogens with one attached hydrogen (secondary N) is 2. The molecule has 1 aromatic carbocycles. The highest BCUT2D eigenvalue weighted by atomic mass is 32.2. The van der Waals surface area contributed by atoms with Crippen LogP contribution in [0.3, 0.4) is 0 Å². The molecule has 2 aromatic heterocycles. The van der Waals surface area contributed by atoms with Crippen molar-refractivity contribution in [1.29, 1.82) is 0 Å². The Bertz CT molecular complexity index is 1030. The van der Waals surface area contributed by atoms with E-state index in [0.29, 0.717) is 39.6 Å². The van der Waals surface area contributed by atoms with Gasteiger partial charge in [0, 0.05) is 23.1 Å². The maximum absolute atomic E-state index is 11.9. The lowest BCUT2D eigenvalue weighted by atomic mass is 10.2. The molecule has 0 unspecified atom stereocenters. The third kappa shape index (κ3) is 4.59. The number of ether oxygens (including phenoxy) is 2. The molecule has 0 saturated heterocycles. The highest BCUT2D eigenvalue weighted by Crippen LogP contribution is 2.28. The van der Waals surface area contributed by atoms with Crippen LogP contribution in [0.2, 0.25) is 0 Å². The summed E-state index contributed by atoms with van der Waals surface area (Å²) in [7, 11) is 3.19. The van der Waals surface area contributed by atoms with Crippen LogP contribution in [0.15, 0.2) is 37.4 Å². The molecule has 142 valence electrons. The molecule has 0 radical (unpaired) electrons. The van der Waals surface area contributed by atoms with Crippen molar-refractivity contribution in [2.75, 3.05) is 14.2 Å². The molecule has 2 N–H and O–H groups in total. The van der Waals surface area contributed by atoms with Crippen LogP contribution in [0.5, 0.6) is 11.5 Å². The SMILES string of the molecule is COc1cc(CSc2nnc(Cc3c(C)[nH]c(=O)[nH]c3=O)o2)cc(OC)c1. The molecular weight excluding hydrogens is 372 g/mol. The van der Waals surface area contributed by atoms with Gasteiger partial charge in [0.2, 0.25) is 5.89 Å². The van der Waals surface area contributed by atoms with E-state index < -0.39 is 11.2 Å². The lowest BCUT2D eigenvalue weighted by Crippen LogP contribution is -2.27. The molecule has 0 spiro atoms. The number of rotatable bonds is 7. The Hall–Kier alpha value is -3.01. The predicted molar refractivity (Wildman–Crippen MR) is 98.6 cm³/mol. The van der Waals surface area contributed by atoms with Crippen molar-refractivity contribution in [3.05, 3.63) is 61.7 Å². The first-order valence-electron chi connectivity index (χ1n) is 7.97. The van der Waals surface area contributed by atoms with Crippen molar-refractivity contribution in [2.24, 2.45) is 0 Å². The van der Waals surface area contributed by atoms with E-state index in [1.807, 2.05) is 12.1 Å². The molecule has 3 rings (SSSR count). The molecule has 0 saturated carbocycles. The van der Waals surface area contributed by atoms with Gasteiger partial charge >= 0.3 is 5.69 Å². The topological polar surface area (TPSA) is 123 Å². The lowest BCUT2D eigenvalue weighted by molar-refractivity contribution is 0.393. The van der Waals surface area contributed by atoms with Crippen LogP contribution in [0, 0.1) is 6.92 Å². The Balaban J connectivity index is 1.70. The van der Waals surface area contributed by atoms with Crippen molar-refractivity contribution in [2.45, 2.75) is 24.3 Å². The minimum atomic E-state index is -0.545. The summed E-state index contributed by atoms with van der Waals surface area (Å²) in [4.78, 5) is 27.9. The summed E-state index contributed by atoms with van der Waals surface area (Å²) >= 11 is 1.36. The summed E-state index contributed by atoms with van der Waals surface area (Å²) in [5.74, 6) is 2.27. The van der Waals surface area contributed by atoms with E-state index in [-0.39, 0.29) is 6.42 Å². The predicted octanol–water partition coefficient (Wildman–Crippen LogP) is 1.65. The number of aromatic amines is 2. The van der Waals surface area contributed by atoms with Crippen molar-refractivity contribution in [3.8, 4) is 11.5 Å². The van der Waals surface area contributed by atoms with Gasteiger partial charge in [0.1, 0.15) is 11.5 Å². The number of thioether (sulfide) groups is 1. The molecule has 0 fully saturated rings. The normalized spacial score (nSPS) is 10.8. The van der Waals surface area contributed by atoms with E-state index in [1.54, 1.807) is 27.2 Å². The molecule has 0 bridgehead atoms. The summed E-state index contributed by atoms with van der Waals surface area (Å²) < 4.78 is 16.1. The number of aromatic nitrogens is 4. The first kappa shape index (κ1) is 18.8. The summed E-state index contributed by atoms with van der Waals surface area (Å²) in [6.45, 7) is 1.65. The van der Waals surface area contributed by atoms with E-state index in [0.717, 1.165) is 5.56 Å². The molecule has 0 aliphatic heterocycles. The zero-order valence-corrected chi connectivity index (χ0v) is 15.8. The molecule has 27 heavy (non-hydrogen) atoms. The Kier molecular flexibility index (Phi) is 5.65. The van der Waals surface area contributed by atoms with Gasteiger partial charge in [-0.3, -0.25) is 9.78 Å². The van der Waals surface area contributed by atoms with E-state index in [2.05, 4.69) is 20.2 Å². The molecule has 2 heterocycles. The highest BCUT2D eigenvalue weighted by Gasteiger charge is 2.13. The van der Waals surface area contributed by atoms with Crippen LogP contribution in [-0.4, -0.2) is 34.4 Å². The Morgan fingerprint density at radius 1 is 1.07 bits per heavy atom. The number of methoxy groups -OCH3 is 2. The standard InChI is InChI=1S/C17H18N4O5S/c1-9-13(15(22)19-16(23)18-9)7-14-20-21-17(26-14)27-8-10-4-11(24-2)6-12(5-10)25-3/h4-6H,7-8H2,1-3H3,(H2,18,19,22,23). The molecule has 9 nitrogen and oxygen atoms in total. The summed E-state index contributed by atoms with van der Waals surface area (Å²) in [6.07, 6.45) is 0.137. The van der Waals surface area contributed by atoms with Gasteiger partial charge in [0.05, 0.1) is 20.6 Å². The zero-order chi connectivity index (χ0) is 19.4. The molecule has 0 aliphatic rings. The Morgan fingerprint density at radius 3 is 2.41 bits per heavy atom. The van der Waals surface area contributed by atoms with Crippen LogP contribution in [0.4, 0.5) is 0 Å². The second kappa shape index (κ2) is 8.12. The van der Waals surface area contributed by atoms with Crippen LogP contribution >= 0.6 is 11.8 Å². The molecule has 10 heteroatoms. The quantitative estimate of drug-likeness (QED) is 0.584. The highest BCUT2D eigenvalue weighted by molar-refractivity contribution is 7.98. The van der Waals surface area contributed by atoms with E-state index in [1.165, 1.54) is 11.8 Å². The van der Waals surface area contributed by atoms with Crippen LogP contribution in [0.25, 0.3) is 0 Å². The van der Waals surface area contributed by atoms with Crippen LogP contribution in [0.1, 0.15) is 22.7 Å². The average Bonchev–Trinajstić information content (AvgIpc) is 3.10. The fourth-order valence-electron chi connectivity index (χ4n) is 2.45. The van der Waals surface area contributed by atoms with Gasteiger partial charge in [0.15, 0.2) is 0 Å². The maximum Gasteiger partial charge on any atom is 0.325 e. The molecule has 3 aromatic rings. The smallest absolute Gasteiger partial charge is 0.325 e. The van der Waals surface area contributed by atoms with Gasteiger partial charge < -0.3 is 18.9 Å². The fourth-order valence-corrected chi connectivity index (χ4v) is 3.16. The minimum Gasteiger partial charge on any atom is -0.497 e. The number of hydrogen-bond donors (Lipinski definition) is 2. The summed E-state index contributed by atoms with van der Waals surface area (Å²) in [5, 5.41) is 8.33. The van der Waals surface area contributed by atoms with Crippen molar-refractivity contribution in [1.82, 2.24) is 20.2 Å². The Morgan fingerprint density at radius 2 is 1.78 bits per heavy atom. The molecule has 0 atom stereocenters. The number of hydrogen-bond acceptors (Lipinski definition) is 8. The van der Waals surface area contributed by atoms with Gasteiger partial charge in [-0.05, 0) is 24.6 Å². The Labute approximate surface area is 158 Å². The van der Waals surface area contributed by atoms with Gasteiger partial charge in [-0.2, -0.15) is 0 Å². The summed E-state index contributed by atoms with van der Waals surface area (Å²) in [5.41, 5.74) is 0.819. The number of H-pyrrole nitrogens is 2. The number of aryl methyl sites for hydroxylation is 1. The third-order valence-electron chi connectivity index (χ3n) is 3.80. The maximum atomic E-state index is 11.9. The first-order chi connectivity index (χ1) is 13.0. The van der Waals surface area contributed by atoms with Gasteiger partial charge in [0.25, 0.3) is 10.8 Å². The summed E-state index contributed by atoms with van der Waals surface area (Å²) in [6, 6.07) is 5.59. The number of benzene rings is 1. The monoisotopic (exact) mass is 390 g/mol. The molecule has 0 aliphatic carbocycles. The van der Waals surface area contributed by atoms with Gasteiger partial charge in [-0.1, -0.05) is 11.8 Å². The lowest BCUT2D eigenvalue weighted by Gasteiger charge is -2.07. The molecular formula is C17H18N4O5S. The largest absolute Gasteiger partial charge is 0.497 e.